The van der Waals surface area contributed by atoms with Crippen molar-refractivity contribution in [1.82, 2.24) is 14.7 Å². The fourth-order valence-corrected chi connectivity index (χ4v) is 3.41. The number of amides is 2. The van der Waals surface area contributed by atoms with Crippen molar-refractivity contribution < 1.29 is 18.4 Å². The lowest BCUT2D eigenvalue weighted by atomic mass is 10.1. The molecule has 1 atom stereocenters. The van der Waals surface area contributed by atoms with Crippen molar-refractivity contribution in [3.8, 4) is 0 Å². The van der Waals surface area contributed by atoms with Crippen LogP contribution in [-0.2, 0) is 16.1 Å². The van der Waals surface area contributed by atoms with Gasteiger partial charge in [-0.2, -0.15) is 5.10 Å². The molecule has 0 bridgehead atoms. The molecule has 0 aliphatic carbocycles. The average molecular weight is 405 g/mol. The first-order valence-corrected chi connectivity index (χ1v) is 9.71. The van der Waals surface area contributed by atoms with Crippen molar-refractivity contribution in [2.24, 2.45) is 5.92 Å². The maximum atomic E-state index is 13.4. The van der Waals surface area contributed by atoms with E-state index in [0.717, 1.165) is 37.8 Å². The summed E-state index contributed by atoms with van der Waals surface area (Å²) in [6.07, 6.45) is 3.30. The Morgan fingerprint density at radius 3 is 2.59 bits per heavy atom. The van der Waals surface area contributed by atoms with Crippen LogP contribution in [0.4, 0.5) is 20.2 Å². The van der Waals surface area contributed by atoms with E-state index in [1.807, 2.05) is 0 Å². The zero-order valence-electron chi connectivity index (χ0n) is 16.6. The quantitative estimate of drug-likeness (QED) is 0.733. The summed E-state index contributed by atoms with van der Waals surface area (Å²) in [5, 5.41) is 7.02. The molecule has 2 amide bonds. The molecule has 1 N–H and O–H groups in total. The number of nitrogens with zero attached hydrogens (tertiary/aromatic N) is 4. The van der Waals surface area contributed by atoms with Gasteiger partial charge in [0.25, 0.3) is 0 Å². The van der Waals surface area contributed by atoms with Crippen LogP contribution >= 0.6 is 0 Å². The summed E-state index contributed by atoms with van der Waals surface area (Å²) in [4.78, 5) is 28.3. The Bertz CT molecular complexity index is 861. The van der Waals surface area contributed by atoms with Gasteiger partial charge < -0.3 is 15.1 Å². The van der Waals surface area contributed by atoms with Crippen LogP contribution in [0.15, 0.2) is 30.6 Å². The molecule has 1 aliphatic rings. The molecule has 1 fully saturated rings. The molecule has 29 heavy (non-hydrogen) atoms. The molecule has 9 heteroatoms. The maximum Gasteiger partial charge on any atom is 0.229 e. The molecule has 7 nitrogen and oxygen atoms in total. The molecule has 0 saturated carbocycles. The van der Waals surface area contributed by atoms with Crippen molar-refractivity contribution in [3.05, 3.63) is 42.2 Å². The number of halogens is 2. The number of rotatable bonds is 8. The smallest absolute Gasteiger partial charge is 0.229 e. The summed E-state index contributed by atoms with van der Waals surface area (Å²) in [5.41, 5.74) is 0.671. The Morgan fingerprint density at radius 1 is 1.24 bits per heavy atom. The first kappa shape index (κ1) is 20.9. The van der Waals surface area contributed by atoms with Crippen molar-refractivity contribution in [1.29, 1.82) is 0 Å². The highest BCUT2D eigenvalue weighted by molar-refractivity contribution is 6.03. The third-order valence-corrected chi connectivity index (χ3v) is 5.10. The molecular formula is C20H25F2N5O2. The van der Waals surface area contributed by atoms with Gasteiger partial charge in [-0.25, -0.2) is 8.78 Å². The summed E-state index contributed by atoms with van der Waals surface area (Å²) in [7, 11) is 0. The van der Waals surface area contributed by atoms with Crippen LogP contribution in [0.3, 0.4) is 0 Å². The van der Waals surface area contributed by atoms with Crippen molar-refractivity contribution in [2.75, 3.05) is 36.4 Å². The second kappa shape index (κ2) is 9.13. The van der Waals surface area contributed by atoms with Gasteiger partial charge in [-0.05, 0) is 25.2 Å². The number of benzene rings is 1. The Balaban J connectivity index is 1.58. The molecule has 2 heterocycles. The van der Waals surface area contributed by atoms with Crippen molar-refractivity contribution in [2.45, 2.75) is 26.8 Å². The Kier molecular flexibility index (Phi) is 6.58. The standard InChI is InChI=1S/C20H25F2N5O2/c1-3-25(4-2)5-6-26-13-17(11-23-26)24-20(29)14-7-19(28)27(12-14)18-9-15(21)8-16(22)10-18/h8-11,13-14H,3-7,12H2,1-2H3,(H,24,29). The van der Waals surface area contributed by atoms with E-state index in [9.17, 15) is 18.4 Å². The lowest BCUT2D eigenvalue weighted by molar-refractivity contribution is -0.122. The summed E-state index contributed by atoms with van der Waals surface area (Å²) < 4.78 is 28.6. The van der Waals surface area contributed by atoms with E-state index >= 15 is 0 Å². The Morgan fingerprint density at radius 2 is 1.93 bits per heavy atom. The van der Waals surface area contributed by atoms with Gasteiger partial charge in [-0.3, -0.25) is 14.3 Å². The predicted octanol–water partition coefficient (Wildman–Crippen LogP) is 2.49. The van der Waals surface area contributed by atoms with Gasteiger partial charge in [-0.15, -0.1) is 0 Å². The predicted molar refractivity (Wildman–Crippen MR) is 105 cm³/mol. The summed E-state index contributed by atoms with van der Waals surface area (Å²) in [6.45, 7) is 7.76. The first-order chi connectivity index (χ1) is 13.9. The van der Waals surface area contributed by atoms with E-state index in [0.29, 0.717) is 12.2 Å². The number of hydrogen-bond donors (Lipinski definition) is 1. The van der Waals surface area contributed by atoms with Crippen molar-refractivity contribution >= 4 is 23.2 Å². The molecule has 1 saturated heterocycles. The number of hydrogen-bond acceptors (Lipinski definition) is 4. The van der Waals surface area contributed by atoms with E-state index < -0.39 is 17.6 Å². The number of likely N-dealkylation sites (N-methyl/N-ethyl adjacent to an activating group) is 1. The minimum Gasteiger partial charge on any atom is -0.323 e. The van der Waals surface area contributed by atoms with Gasteiger partial charge in [0, 0.05) is 37.5 Å². The van der Waals surface area contributed by atoms with Crippen LogP contribution in [0.5, 0.6) is 0 Å². The highest BCUT2D eigenvalue weighted by atomic mass is 19.1. The molecule has 1 aromatic heterocycles. The van der Waals surface area contributed by atoms with Gasteiger partial charge in [0.05, 0.1) is 24.3 Å². The first-order valence-electron chi connectivity index (χ1n) is 9.71. The third kappa shape index (κ3) is 5.17. The van der Waals surface area contributed by atoms with Gasteiger partial charge in [-0.1, -0.05) is 13.8 Å². The molecule has 2 aromatic rings. The topological polar surface area (TPSA) is 70.5 Å². The molecule has 1 aromatic carbocycles. The van der Waals surface area contributed by atoms with E-state index in [-0.39, 0.29) is 30.5 Å². The fraction of sp³-hybridized carbons (Fsp3) is 0.450. The van der Waals surface area contributed by atoms with Crippen LogP contribution in [0.2, 0.25) is 0 Å². The molecule has 156 valence electrons. The Labute approximate surface area is 168 Å². The van der Waals surface area contributed by atoms with Crippen LogP contribution in [-0.4, -0.2) is 52.7 Å². The maximum absolute atomic E-state index is 13.4. The van der Waals surface area contributed by atoms with Crippen LogP contribution in [0.25, 0.3) is 0 Å². The highest BCUT2D eigenvalue weighted by Crippen LogP contribution is 2.27. The molecule has 1 unspecified atom stereocenters. The minimum atomic E-state index is -0.766. The lowest BCUT2D eigenvalue weighted by Crippen LogP contribution is -2.28. The molecule has 0 radical (unpaired) electrons. The molecule has 3 rings (SSSR count). The summed E-state index contributed by atoms with van der Waals surface area (Å²) >= 11 is 0. The number of aromatic nitrogens is 2. The average Bonchev–Trinajstić information content (AvgIpc) is 3.28. The molecule has 0 spiro atoms. The van der Waals surface area contributed by atoms with Gasteiger partial charge >= 0.3 is 0 Å². The van der Waals surface area contributed by atoms with E-state index in [1.54, 1.807) is 17.1 Å². The highest BCUT2D eigenvalue weighted by Gasteiger charge is 2.35. The summed E-state index contributed by atoms with van der Waals surface area (Å²) in [6, 6.07) is 2.91. The van der Waals surface area contributed by atoms with E-state index in [1.165, 1.54) is 4.90 Å². The lowest BCUT2D eigenvalue weighted by Gasteiger charge is -2.17. The van der Waals surface area contributed by atoms with Gasteiger partial charge in [0.1, 0.15) is 11.6 Å². The zero-order valence-corrected chi connectivity index (χ0v) is 16.6. The normalized spacial score (nSPS) is 16.7. The fourth-order valence-electron chi connectivity index (χ4n) is 3.41. The SMILES string of the molecule is CCN(CC)CCn1cc(NC(=O)C2CC(=O)N(c3cc(F)cc(F)c3)C2)cn1. The monoisotopic (exact) mass is 405 g/mol. The molecule has 1 aliphatic heterocycles. The number of carbonyl (C=O) groups is 2. The Hall–Kier alpha value is -2.81. The number of anilines is 2. The van der Waals surface area contributed by atoms with Crippen LogP contribution < -0.4 is 10.2 Å². The number of nitrogens with one attached hydrogen (secondary N) is 1. The third-order valence-electron chi connectivity index (χ3n) is 5.10. The largest absolute Gasteiger partial charge is 0.323 e. The second-order valence-corrected chi connectivity index (χ2v) is 7.04. The van der Waals surface area contributed by atoms with Crippen molar-refractivity contribution in [3.63, 3.8) is 0 Å². The van der Waals surface area contributed by atoms with Gasteiger partial charge in [0.2, 0.25) is 11.8 Å². The van der Waals surface area contributed by atoms with E-state index in [2.05, 4.69) is 29.2 Å². The minimum absolute atomic E-state index is 0.0138. The summed E-state index contributed by atoms with van der Waals surface area (Å²) in [5.74, 6) is -2.80. The van der Waals surface area contributed by atoms with Gasteiger partial charge in [0.15, 0.2) is 0 Å². The van der Waals surface area contributed by atoms with E-state index in [4.69, 9.17) is 0 Å². The van der Waals surface area contributed by atoms with Crippen LogP contribution in [0.1, 0.15) is 20.3 Å². The number of carbonyl (C=O) groups excluding carboxylic acids is 2. The van der Waals surface area contributed by atoms with Crippen LogP contribution in [0, 0.1) is 17.6 Å². The second-order valence-electron chi connectivity index (χ2n) is 7.04. The molecular weight excluding hydrogens is 380 g/mol. The zero-order chi connectivity index (χ0) is 21.0.